The fraction of sp³-hybridized carbons (Fsp3) is 1.00. The van der Waals surface area contributed by atoms with Gasteiger partial charge in [-0.25, -0.2) is 0 Å². The molecule has 0 radical (unpaired) electrons. The summed E-state index contributed by atoms with van der Waals surface area (Å²) in [5.74, 6) is 0. The van der Waals surface area contributed by atoms with E-state index >= 15 is 0 Å². The quantitative estimate of drug-likeness (QED) is 0.570. The molecule has 0 bridgehead atoms. The molecule has 1 aliphatic heterocycles. The van der Waals surface area contributed by atoms with E-state index in [2.05, 4.69) is 0 Å². The van der Waals surface area contributed by atoms with Gasteiger partial charge < -0.3 is 19.5 Å². The van der Waals surface area contributed by atoms with Crippen LogP contribution in [-0.4, -0.2) is 42.0 Å². The molecule has 1 aliphatic rings. The van der Waals surface area contributed by atoms with Gasteiger partial charge in [0.1, 0.15) is 0 Å². The van der Waals surface area contributed by atoms with Crippen LogP contribution in [0.1, 0.15) is 20.3 Å². The number of ether oxygens (including phenoxy) is 2. The van der Waals surface area contributed by atoms with Gasteiger partial charge in [0.05, 0.1) is 24.8 Å². The van der Waals surface area contributed by atoms with E-state index in [1.54, 1.807) is 0 Å². The van der Waals surface area contributed by atoms with E-state index in [0.29, 0.717) is 0 Å². The normalized spacial score (nSPS) is 35.5. The second-order valence-corrected chi connectivity index (χ2v) is 3.24. The van der Waals surface area contributed by atoms with E-state index in [1.807, 2.05) is 13.8 Å². The van der Waals surface area contributed by atoms with Crippen molar-refractivity contribution in [2.75, 3.05) is 6.51 Å². The second kappa shape index (κ2) is 4.23. The Hall–Kier alpha value is -0.0951. The van der Waals surface area contributed by atoms with Gasteiger partial charge in [0, 0.05) is 6.42 Å². The van der Waals surface area contributed by atoms with Crippen molar-refractivity contribution in [3.63, 3.8) is 0 Å². The first-order valence-corrected chi connectivity index (χ1v) is 4.22. The van der Waals surface area contributed by atoms with Crippen LogP contribution in [0.3, 0.4) is 0 Å². The summed E-state index contributed by atoms with van der Waals surface area (Å²) in [6.45, 7) is 3.87. The molecule has 1 heterocycles. The average Bonchev–Trinajstić information content (AvgIpc) is 2.26. The van der Waals surface area contributed by atoms with Crippen LogP contribution >= 0.6 is 0 Å². The third-order valence-corrected chi connectivity index (χ3v) is 1.99. The van der Waals surface area contributed by atoms with Crippen molar-refractivity contribution in [1.29, 1.82) is 0 Å². The largest absolute Gasteiger partial charge is 0.479 e. The number of hydrogen-bond donors (Lipinski definition) is 2. The molecular weight excluding hydrogens is 159 g/mol. The third kappa shape index (κ3) is 2.75. The van der Waals surface area contributed by atoms with Crippen LogP contribution in [0.15, 0.2) is 0 Å². The maximum atomic E-state index is 8.55. The molecule has 0 aromatic carbocycles. The average molecular weight is 174 g/mol. The highest BCUT2D eigenvalue weighted by Crippen LogP contribution is 2.22. The van der Waals surface area contributed by atoms with Crippen LogP contribution in [0.2, 0.25) is 0 Å². The van der Waals surface area contributed by atoms with Crippen molar-refractivity contribution in [2.45, 2.75) is 38.6 Å². The minimum Gasteiger partial charge on any atom is -0.426 e. The highest BCUT2D eigenvalue weighted by atomic mass is 16.6. The number of rotatable bonds is 3. The van der Waals surface area contributed by atoms with Crippen molar-refractivity contribution in [2.24, 2.45) is 0 Å². The van der Waals surface area contributed by atoms with Crippen LogP contribution in [-0.2, 0) is 9.47 Å². The predicted octanol–water partition coefficient (Wildman–Crippen LogP) is -0.419. The molecule has 1 rings (SSSR count). The van der Waals surface area contributed by atoms with E-state index in [0.717, 1.165) is 6.42 Å². The maximum absolute atomic E-state index is 8.55. The molecule has 0 aromatic rings. The van der Waals surface area contributed by atoms with Gasteiger partial charge in [0.2, 0.25) is 0 Å². The predicted molar refractivity (Wildman–Crippen MR) is 44.6 cm³/mol. The summed E-state index contributed by atoms with van der Waals surface area (Å²) in [5.41, 5.74) is 0. The molecule has 0 unspecified atom stereocenters. The highest BCUT2D eigenvalue weighted by Gasteiger charge is 2.30. The molecule has 5 heteroatoms. The molecule has 0 saturated carbocycles. The van der Waals surface area contributed by atoms with Crippen LogP contribution in [0.25, 0.3) is 0 Å². The lowest BCUT2D eigenvalue weighted by atomic mass is 9.94. The summed E-state index contributed by atoms with van der Waals surface area (Å²) in [5, 5.41) is 17.1. The molecule has 0 aromatic heterocycles. The first-order valence-electron chi connectivity index (χ1n) is 4.22. The molecule has 4 nitrogen and oxygen atoms in total. The minimum absolute atomic E-state index is 0.00167. The van der Waals surface area contributed by atoms with Crippen LogP contribution in [0.5, 0.6) is 0 Å². The third-order valence-electron chi connectivity index (χ3n) is 1.99. The summed E-state index contributed by atoms with van der Waals surface area (Å²) in [7, 11) is -1.38. The van der Waals surface area contributed by atoms with Gasteiger partial charge in [-0.2, -0.15) is 0 Å². The Balaban J connectivity index is 2.23. The SMILES string of the molecule is C[C@H]1C[C@@H](OCB(O)O)[C@@H](C)O1. The molecular formula is C7H15BO4. The van der Waals surface area contributed by atoms with Gasteiger partial charge in [0.25, 0.3) is 0 Å². The molecule has 2 N–H and O–H groups in total. The lowest BCUT2D eigenvalue weighted by Gasteiger charge is -2.14. The zero-order chi connectivity index (χ0) is 9.14. The van der Waals surface area contributed by atoms with Gasteiger partial charge >= 0.3 is 7.12 Å². The fourth-order valence-corrected chi connectivity index (χ4v) is 1.44. The van der Waals surface area contributed by atoms with Crippen molar-refractivity contribution in [3.8, 4) is 0 Å². The smallest absolute Gasteiger partial charge is 0.426 e. The highest BCUT2D eigenvalue weighted by molar-refractivity contribution is 6.40. The van der Waals surface area contributed by atoms with Crippen molar-refractivity contribution < 1.29 is 19.5 Å². The zero-order valence-corrected chi connectivity index (χ0v) is 7.43. The van der Waals surface area contributed by atoms with E-state index in [1.165, 1.54) is 0 Å². The molecule has 70 valence electrons. The van der Waals surface area contributed by atoms with Gasteiger partial charge in [-0.3, -0.25) is 0 Å². The van der Waals surface area contributed by atoms with Crippen molar-refractivity contribution in [3.05, 3.63) is 0 Å². The Bertz CT molecular complexity index is 141. The molecule has 0 aliphatic carbocycles. The molecule has 3 atom stereocenters. The maximum Gasteiger partial charge on any atom is 0.479 e. The molecule has 12 heavy (non-hydrogen) atoms. The molecule has 0 amide bonds. The summed E-state index contributed by atoms with van der Waals surface area (Å²) in [6.07, 6.45) is 1.09. The number of hydrogen-bond acceptors (Lipinski definition) is 4. The summed E-state index contributed by atoms with van der Waals surface area (Å²) in [4.78, 5) is 0. The fourth-order valence-electron chi connectivity index (χ4n) is 1.44. The Morgan fingerprint density at radius 1 is 1.50 bits per heavy atom. The van der Waals surface area contributed by atoms with E-state index < -0.39 is 7.12 Å². The van der Waals surface area contributed by atoms with Gasteiger partial charge in [-0.05, 0) is 13.8 Å². The Morgan fingerprint density at radius 2 is 2.17 bits per heavy atom. The van der Waals surface area contributed by atoms with Gasteiger partial charge in [-0.15, -0.1) is 0 Å². The van der Waals surface area contributed by atoms with E-state index in [9.17, 15) is 0 Å². The van der Waals surface area contributed by atoms with Crippen LogP contribution < -0.4 is 0 Å². The summed E-state index contributed by atoms with van der Waals surface area (Å²) < 4.78 is 10.6. The van der Waals surface area contributed by atoms with Crippen LogP contribution in [0, 0.1) is 0 Å². The monoisotopic (exact) mass is 174 g/mol. The second-order valence-electron chi connectivity index (χ2n) is 3.24. The van der Waals surface area contributed by atoms with Crippen molar-refractivity contribution >= 4 is 7.12 Å². The standard InChI is InChI=1S/C7H15BO4/c1-5-3-7(6(2)12-5)11-4-8(9)10/h5-7,9-10H,3-4H2,1-2H3/t5-,6+,7+/m0/s1. The summed E-state index contributed by atoms with van der Waals surface area (Å²) in [6, 6.07) is 0. The topological polar surface area (TPSA) is 58.9 Å². The Kier molecular flexibility index (Phi) is 3.52. The summed E-state index contributed by atoms with van der Waals surface area (Å²) >= 11 is 0. The van der Waals surface area contributed by atoms with Crippen LogP contribution in [0.4, 0.5) is 0 Å². The van der Waals surface area contributed by atoms with Crippen molar-refractivity contribution in [1.82, 2.24) is 0 Å². The minimum atomic E-state index is -1.38. The molecule has 1 saturated heterocycles. The van der Waals surface area contributed by atoms with Gasteiger partial charge in [-0.1, -0.05) is 0 Å². The zero-order valence-electron chi connectivity index (χ0n) is 7.43. The van der Waals surface area contributed by atoms with E-state index in [-0.39, 0.29) is 24.8 Å². The lowest BCUT2D eigenvalue weighted by molar-refractivity contribution is -0.000766. The first kappa shape index (κ1) is 9.99. The first-order chi connectivity index (χ1) is 5.59. The Morgan fingerprint density at radius 3 is 2.58 bits per heavy atom. The van der Waals surface area contributed by atoms with Gasteiger partial charge in [0.15, 0.2) is 0 Å². The Labute approximate surface area is 72.6 Å². The molecule has 0 spiro atoms. The molecule has 1 fully saturated rings. The van der Waals surface area contributed by atoms with E-state index in [4.69, 9.17) is 19.5 Å². The lowest BCUT2D eigenvalue weighted by Crippen LogP contribution is -2.28.